The number of methoxy groups -OCH3 is 1. The number of nitrogens with two attached hydrogens (primary N) is 1. The fourth-order valence-corrected chi connectivity index (χ4v) is 5.73. The zero-order valence-corrected chi connectivity index (χ0v) is 19.1. The summed E-state index contributed by atoms with van der Waals surface area (Å²) in [6, 6.07) is 13.3. The van der Waals surface area contributed by atoms with E-state index in [1.807, 2.05) is 35.3 Å². The van der Waals surface area contributed by atoms with E-state index in [9.17, 15) is 14.0 Å². The van der Waals surface area contributed by atoms with Crippen LogP contribution in [0.25, 0.3) is 0 Å². The molecule has 2 aromatic carbocycles. The summed E-state index contributed by atoms with van der Waals surface area (Å²) in [5, 5.41) is 3.50. The minimum Gasteiger partial charge on any atom is -0.493 e. The summed E-state index contributed by atoms with van der Waals surface area (Å²) < 4.78 is 25.8. The molecule has 4 atom stereocenters. The number of fused-ring (bicyclic) bond motifs is 3. The fourth-order valence-electron chi connectivity index (χ4n) is 5.73. The lowest BCUT2D eigenvalue weighted by Crippen LogP contribution is -2.56. The molecule has 0 bridgehead atoms. The number of ether oxygens (including phenoxy) is 2. The number of benzene rings is 2. The monoisotopic (exact) mass is 468 g/mol. The van der Waals surface area contributed by atoms with Crippen LogP contribution < -0.4 is 10.5 Å². The zero-order valence-electron chi connectivity index (χ0n) is 19.1. The Balaban J connectivity index is 1.70. The number of rotatable bonds is 5. The molecule has 2 N–H and O–H groups in total. The number of primary amides is 1. The van der Waals surface area contributed by atoms with Crippen molar-refractivity contribution in [3.63, 3.8) is 0 Å². The predicted molar refractivity (Wildman–Crippen MR) is 122 cm³/mol. The normalized spacial score (nSPS) is 25.4. The Hall–Kier alpha value is -3.17. The Kier molecular flexibility index (Phi) is 6.14. The third-order valence-corrected chi connectivity index (χ3v) is 7.08. The number of carbonyl (C=O) groups is 2. The van der Waals surface area contributed by atoms with E-state index in [1.54, 1.807) is 11.1 Å². The molecule has 5 rings (SSSR count). The molecule has 4 unspecified atom stereocenters. The van der Waals surface area contributed by atoms with Gasteiger partial charge in [0.05, 0.1) is 38.4 Å². The molecule has 2 aromatic rings. The van der Waals surface area contributed by atoms with E-state index in [1.165, 1.54) is 19.2 Å². The molecule has 2 amide bonds. The molecule has 0 aromatic heterocycles. The molecule has 34 heavy (non-hydrogen) atoms. The van der Waals surface area contributed by atoms with Crippen LogP contribution in [-0.2, 0) is 9.53 Å². The summed E-state index contributed by atoms with van der Waals surface area (Å²) >= 11 is 0. The molecule has 0 spiro atoms. The molecule has 180 valence electrons. The summed E-state index contributed by atoms with van der Waals surface area (Å²) in [5.41, 5.74) is 7.26. The van der Waals surface area contributed by atoms with Crippen LogP contribution in [0.5, 0.6) is 5.75 Å². The molecule has 2 fully saturated rings. The van der Waals surface area contributed by atoms with Gasteiger partial charge in [0, 0.05) is 11.5 Å². The summed E-state index contributed by atoms with van der Waals surface area (Å²) in [7, 11) is 1.34. The molecule has 0 aliphatic carbocycles. The smallest absolute Gasteiger partial charge is 0.424 e. The third-order valence-electron chi connectivity index (χ3n) is 7.08. The van der Waals surface area contributed by atoms with Gasteiger partial charge in [-0.1, -0.05) is 30.3 Å². The van der Waals surface area contributed by atoms with Crippen molar-refractivity contribution in [2.24, 2.45) is 11.7 Å². The Bertz CT molecular complexity index is 1060. The quantitative estimate of drug-likeness (QED) is 0.725. The SMILES string of the molecule is COC(=O)N1C(c2ccccc2)C2COc3ccc(F)cc3C2N1C(CC(N)=O)N1CCCC1. The van der Waals surface area contributed by atoms with Crippen molar-refractivity contribution in [3.05, 3.63) is 65.5 Å². The zero-order chi connectivity index (χ0) is 23.8. The maximum Gasteiger partial charge on any atom is 0.424 e. The first-order chi connectivity index (χ1) is 16.5. The van der Waals surface area contributed by atoms with Gasteiger partial charge in [-0.2, -0.15) is 5.01 Å². The number of hydrogen-bond acceptors (Lipinski definition) is 6. The summed E-state index contributed by atoms with van der Waals surface area (Å²) in [4.78, 5) is 27.8. The first-order valence-corrected chi connectivity index (χ1v) is 11.6. The van der Waals surface area contributed by atoms with E-state index in [4.69, 9.17) is 15.2 Å². The number of likely N-dealkylation sites (tertiary alicyclic amines) is 1. The Labute approximate surface area is 198 Å². The van der Waals surface area contributed by atoms with Gasteiger partial charge in [-0.25, -0.2) is 14.2 Å². The second kappa shape index (κ2) is 9.23. The number of halogens is 1. The number of nitrogens with zero attached hydrogens (tertiary/aromatic N) is 3. The molecule has 3 aliphatic heterocycles. The minimum absolute atomic E-state index is 0.0315. The highest BCUT2D eigenvalue weighted by molar-refractivity contribution is 5.74. The molecule has 0 radical (unpaired) electrons. The van der Waals surface area contributed by atoms with Gasteiger partial charge < -0.3 is 15.2 Å². The summed E-state index contributed by atoms with van der Waals surface area (Å²) in [6.45, 7) is 1.89. The number of carbonyl (C=O) groups excluding carboxylic acids is 2. The number of hydrazine groups is 1. The van der Waals surface area contributed by atoms with E-state index >= 15 is 0 Å². The minimum atomic E-state index is -0.546. The molecule has 9 heteroatoms. The molecular weight excluding hydrogens is 439 g/mol. The Morgan fingerprint density at radius 1 is 1.15 bits per heavy atom. The Morgan fingerprint density at radius 2 is 1.88 bits per heavy atom. The van der Waals surface area contributed by atoms with Gasteiger partial charge in [-0.05, 0) is 49.7 Å². The van der Waals surface area contributed by atoms with Crippen LogP contribution in [0.4, 0.5) is 9.18 Å². The van der Waals surface area contributed by atoms with Crippen molar-refractivity contribution in [2.45, 2.75) is 37.5 Å². The Morgan fingerprint density at radius 3 is 2.56 bits per heavy atom. The number of hydrogen-bond donors (Lipinski definition) is 1. The van der Waals surface area contributed by atoms with Gasteiger partial charge >= 0.3 is 6.09 Å². The van der Waals surface area contributed by atoms with Crippen LogP contribution in [0.2, 0.25) is 0 Å². The van der Waals surface area contributed by atoms with Gasteiger partial charge in [0.1, 0.15) is 11.6 Å². The molecule has 3 heterocycles. The van der Waals surface area contributed by atoms with Gasteiger partial charge in [-0.3, -0.25) is 9.69 Å². The van der Waals surface area contributed by atoms with Gasteiger partial charge in [0.2, 0.25) is 5.91 Å². The van der Waals surface area contributed by atoms with Crippen molar-refractivity contribution in [1.82, 2.24) is 14.9 Å². The average molecular weight is 469 g/mol. The maximum absolute atomic E-state index is 14.5. The third kappa shape index (κ3) is 3.88. The van der Waals surface area contributed by atoms with Crippen LogP contribution in [0.1, 0.15) is 42.5 Å². The lowest BCUT2D eigenvalue weighted by molar-refractivity contribution is -0.130. The standard InChI is InChI=1S/C25H29FN4O4/c1-33-25(32)30-23(16-7-3-2-4-8-16)19-15-34-20-10-9-17(26)13-18(20)24(19)29(30)22(14-21(27)31)28-11-5-6-12-28/h2-4,7-10,13,19,22-24H,5-6,11-12,14-15H2,1H3,(H2,27,31). The van der Waals surface area contributed by atoms with E-state index in [0.29, 0.717) is 17.9 Å². The highest BCUT2D eigenvalue weighted by Gasteiger charge is 2.57. The van der Waals surface area contributed by atoms with Crippen molar-refractivity contribution in [2.75, 3.05) is 26.8 Å². The largest absolute Gasteiger partial charge is 0.493 e. The topological polar surface area (TPSA) is 88.3 Å². The van der Waals surface area contributed by atoms with Gasteiger partial charge in [0.25, 0.3) is 0 Å². The van der Waals surface area contributed by atoms with Crippen LogP contribution >= 0.6 is 0 Å². The lowest BCUT2D eigenvalue weighted by atomic mass is 9.84. The van der Waals surface area contributed by atoms with E-state index in [2.05, 4.69) is 4.90 Å². The van der Waals surface area contributed by atoms with Gasteiger partial charge in [0.15, 0.2) is 0 Å². The van der Waals surface area contributed by atoms with E-state index in [0.717, 1.165) is 31.5 Å². The van der Waals surface area contributed by atoms with Crippen LogP contribution in [0.3, 0.4) is 0 Å². The first-order valence-electron chi connectivity index (χ1n) is 11.6. The predicted octanol–water partition coefficient (Wildman–Crippen LogP) is 3.21. The first kappa shape index (κ1) is 22.6. The number of amides is 2. The highest BCUT2D eigenvalue weighted by Crippen LogP contribution is 2.54. The van der Waals surface area contributed by atoms with Crippen molar-refractivity contribution in [3.8, 4) is 5.75 Å². The van der Waals surface area contributed by atoms with Gasteiger partial charge in [-0.15, -0.1) is 0 Å². The van der Waals surface area contributed by atoms with Crippen molar-refractivity contribution >= 4 is 12.0 Å². The molecule has 8 nitrogen and oxygen atoms in total. The van der Waals surface area contributed by atoms with Crippen molar-refractivity contribution < 1.29 is 23.5 Å². The van der Waals surface area contributed by atoms with Crippen LogP contribution in [-0.4, -0.2) is 59.9 Å². The second-order valence-electron chi connectivity index (χ2n) is 9.05. The molecule has 0 saturated carbocycles. The molecule has 3 aliphatic rings. The van der Waals surface area contributed by atoms with Crippen molar-refractivity contribution in [1.29, 1.82) is 0 Å². The summed E-state index contributed by atoms with van der Waals surface area (Å²) in [5.74, 6) is -0.490. The second-order valence-corrected chi connectivity index (χ2v) is 9.05. The molecule has 2 saturated heterocycles. The highest BCUT2D eigenvalue weighted by atomic mass is 19.1. The fraction of sp³-hybridized carbons (Fsp3) is 0.440. The molecular formula is C25H29FN4O4. The van der Waals surface area contributed by atoms with E-state index < -0.39 is 30.2 Å². The maximum atomic E-state index is 14.5. The van der Waals surface area contributed by atoms with E-state index in [-0.39, 0.29) is 18.2 Å². The van der Waals surface area contributed by atoms with Crippen LogP contribution in [0.15, 0.2) is 48.5 Å². The summed E-state index contributed by atoms with van der Waals surface area (Å²) in [6.07, 6.45) is 0.992. The lowest BCUT2D eigenvalue weighted by Gasteiger charge is -2.43. The average Bonchev–Trinajstić information content (AvgIpc) is 3.49. The van der Waals surface area contributed by atoms with Crippen LogP contribution in [0, 0.1) is 11.7 Å².